The molecule has 2 heterocycles. The largest absolute Gasteiger partial charge is 0.436 e. The highest BCUT2D eigenvalue weighted by molar-refractivity contribution is 7.98. The second kappa shape index (κ2) is 8.67. The average molecular weight is 419 g/mol. The van der Waals surface area contributed by atoms with Gasteiger partial charge in [-0.25, -0.2) is 15.0 Å². The van der Waals surface area contributed by atoms with Crippen LogP contribution in [-0.4, -0.2) is 27.1 Å². The van der Waals surface area contributed by atoms with Gasteiger partial charge in [0.05, 0.1) is 0 Å². The van der Waals surface area contributed by atoms with Crippen molar-refractivity contribution in [1.82, 2.24) is 15.0 Å². The van der Waals surface area contributed by atoms with Crippen molar-refractivity contribution in [2.24, 2.45) is 0 Å². The van der Waals surface area contributed by atoms with E-state index in [4.69, 9.17) is 4.42 Å². The van der Waals surface area contributed by atoms with Crippen molar-refractivity contribution in [3.05, 3.63) is 65.5 Å². The molecule has 0 unspecified atom stereocenters. The van der Waals surface area contributed by atoms with E-state index < -0.39 is 0 Å². The molecule has 0 saturated heterocycles. The SMILES string of the molecule is CSc1nc(C)c(CCC(=O)Nc2ccc(-c3nc4ccccc4o3)cc2)c(C)n1. The lowest BCUT2D eigenvalue weighted by molar-refractivity contribution is -0.116. The topological polar surface area (TPSA) is 80.9 Å². The number of para-hydroxylation sites is 2. The quantitative estimate of drug-likeness (QED) is 0.343. The third-order valence-corrected chi connectivity index (χ3v) is 5.44. The first-order chi connectivity index (χ1) is 14.5. The van der Waals surface area contributed by atoms with Crippen LogP contribution in [0, 0.1) is 13.8 Å². The number of nitrogens with one attached hydrogen (secondary N) is 1. The van der Waals surface area contributed by atoms with Crippen molar-refractivity contribution in [3.63, 3.8) is 0 Å². The van der Waals surface area contributed by atoms with E-state index in [2.05, 4.69) is 20.3 Å². The van der Waals surface area contributed by atoms with Crippen molar-refractivity contribution in [1.29, 1.82) is 0 Å². The smallest absolute Gasteiger partial charge is 0.227 e. The third-order valence-electron chi connectivity index (χ3n) is 4.89. The maximum absolute atomic E-state index is 12.4. The van der Waals surface area contributed by atoms with E-state index >= 15 is 0 Å². The first-order valence-corrected chi connectivity index (χ1v) is 10.9. The van der Waals surface area contributed by atoms with Crippen LogP contribution in [-0.2, 0) is 11.2 Å². The summed E-state index contributed by atoms with van der Waals surface area (Å²) in [7, 11) is 0. The highest BCUT2D eigenvalue weighted by Gasteiger charge is 2.12. The molecular weight excluding hydrogens is 396 g/mol. The summed E-state index contributed by atoms with van der Waals surface area (Å²) in [5.74, 6) is 0.520. The highest BCUT2D eigenvalue weighted by Crippen LogP contribution is 2.25. The molecular formula is C23H22N4O2S. The van der Waals surface area contributed by atoms with Crippen LogP contribution in [0.15, 0.2) is 58.1 Å². The van der Waals surface area contributed by atoms with E-state index in [0.717, 1.165) is 44.5 Å². The number of fused-ring (bicyclic) bond motifs is 1. The van der Waals surface area contributed by atoms with Gasteiger partial charge in [0.15, 0.2) is 10.7 Å². The molecule has 0 aliphatic rings. The van der Waals surface area contributed by atoms with Gasteiger partial charge in [-0.1, -0.05) is 23.9 Å². The zero-order chi connectivity index (χ0) is 21.1. The molecule has 1 amide bonds. The fraction of sp³-hybridized carbons (Fsp3) is 0.217. The Morgan fingerprint density at radius 2 is 1.70 bits per heavy atom. The third kappa shape index (κ3) is 4.36. The molecule has 4 rings (SSSR count). The zero-order valence-electron chi connectivity index (χ0n) is 17.1. The lowest BCUT2D eigenvalue weighted by Crippen LogP contribution is -2.13. The van der Waals surface area contributed by atoms with Crippen LogP contribution in [0.1, 0.15) is 23.4 Å². The molecule has 0 atom stereocenters. The van der Waals surface area contributed by atoms with Crippen LogP contribution >= 0.6 is 11.8 Å². The Hall–Kier alpha value is -3.19. The van der Waals surface area contributed by atoms with E-state index in [1.807, 2.05) is 68.6 Å². The summed E-state index contributed by atoms with van der Waals surface area (Å²) < 4.78 is 5.79. The number of rotatable bonds is 6. The number of hydrogen-bond donors (Lipinski definition) is 1. The summed E-state index contributed by atoms with van der Waals surface area (Å²) >= 11 is 1.52. The van der Waals surface area contributed by atoms with Gasteiger partial charge < -0.3 is 9.73 Å². The maximum atomic E-state index is 12.4. The Kier molecular flexibility index (Phi) is 5.81. The van der Waals surface area contributed by atoms with Crippen molar-refractivity contribution in [2.45, 2.75) is 31.8 Å². The van der Waals surface area contributed by atoms with Gasteiger partial charge in [0.25, 0.3) is 0 Å². The molecule has 152 valence electrons. The first-order valence-electron chi connectivity index (χ1n) is 9.67. The molecule has 4 aromatic rings. The molecule has 0 aliphatic carbocycles. The van der Waals surface area contributed by atoms with E-state index in [-0.39, 0.29) is 5.91 Å². The summed E-state index contributed by atoms with van der Waals surface area (Å²) in [6, 6.07) is 15.2. The summed E-state index contributed by atoms with van der Waals surface area (Å²) in [5.41, 5.74) is 6.08. The summed E-state index contributed by atoms with van der Waals surface area (Å²) in [6.45, 7) is 3.93. The van der Waals surface area contributed by atoms with Crippen molar-refractivity contribution < 1.29 is 9.21 Å². The summed E-state index contributed by atoms with van der Waals surface area (Å²) in [4.78, 5) is 25.9. The molecule has 1 N–H and O–H groups in total. The van der Waals surface area contributed by atoms with Gasteiger partial charge in [0.2, 0.25) is 11.8 Å². The predicted molar refractivity (Wildman–Crippen MR) is 120 cm³/mol. The van der Waals surface area contributed by atoms with Crippen molar-refractivity contribution in [2.75, 3.05) is 11.6 Å². The Morgan fingerprint density at radius 3 is 2.37 bits per heavy atom. The molecule has 2 aromatic heterocycles. The van der Waals surface area contributed by atoms with Crippen LogP contribution in [0.5, 0.6) is 0 Å². The van der Waals surface area contributed by atoms with E-state index in [9.17, 15) is 4.79 Å². The normalized spacial score (nSPS) is 11.0. The van der Waals surface area contributed by atoms with Gasteiger partial charge in [-0.3, -0.25) is 4.79 Å². The van der Waals surface area contributed by atoms with Gasteiger partial charge in [0, 0.05) is 29.1 Å². The first kappa shape index (κ1) is 20.1. The molecule has 7 heteroatoms. The van der Waals surface area contributed by atoms with Gasteiger partial charge in [-0.05, 0) is 68.5 Å². The number of anilines is 1. The van der Waals surface area contributed by atoms with E-state index in [1.165, 1.54) is 11.8 Å². The average Bonchev–Trinajstić information content (AvgIpc) is 3.17. The van der Waals surface area contributed by atoms with Gasteiger partial charge in [-0.15, -0.1) is 0 Å². The number of aromatic nitrogens is 3. The second-order valence-electron chi connectivity index (χ2n) is 6.97. The number of nitrogens with zero attached hydrogens (tertiary/aromatic N) is 3. The number of carbonyl (C=O) groups excluding carboxylic acids is 1. The van der Waals surface area contributed by atoms with Gasteiger partial charge in [-0.2, -0.15) is 0 Å². The molecule has 2 aromatic carbocycles. The molecule has 0 aliphatic heterocycles. The fourth-order valence-corrected chi connectivity index (χ4v) is 3.77. The summed E-state index contributed by atoms with van der Waals surface area (Å²) in [6.07, 6.45) is 2.94. The molecule has 0 radical (unpaired) electrons. The van der Waals surface area contributed by atoms with Crippen molar-refractivity contribution in [3.8, 4) is 11.5 Å². The Morgan fingerprint density at radius 1 is 1.00 bits per heavy atom. The summed E-state index contributed by atoms with van der Waals surface area (Å²) in [5, 5.41) is 3.71. The molecule has 0 saturated carbocycles. The monoisotopic (exact) mass is 418 g/mol. The predicted octanol–water partition coefficient (Wildman–Crippen LogP) is 5.19. The van der Waals surface area contributed by atoms with E-state index in [1.54, 1.807) is 0 Å². The minimum Gasteiger partial charge on any atom is -0.436 e. The van der Waals surface area contributed by atoms with Crippen molar-refractivity contribution >= 4 is 34.5 Å². The Bertz CT molecular complexity index is 1150. The van der Waals surface area contributed by atoms with Crippen LogP contribution in [0.2, 0.25) is 0 Å². The number of benzene rings is 2. The lowest BCUT2D eigenvalue weighted by Gasteiger charge is -2.10. The molecule has 0 spiro atoms. The number of thioether (sulfide) groups is 1. The Balaban J connectivity index is 1.39. The second-order valence-corrected chi connectivity index (χ2v) is 7.75. The van der Waals surface area contributed by atoms with Crippen LogP contribution in [0.3, 0.4) is 0 Å². The minimum atomic E-state index is -0.0441. The van der Waals surface area contributed by atoms with Crippen LogP contribution < -0.4 is 5.32 Å². The van der Waals surface area contributed by atoms with Gasteiger partial charge in [0.1, 0.15) is 5.52 Å². The zero-order valence-corrected chi connectivity index (χ0v) is 17.9. The van der Waals surface area contributed by atoms with Crippen LogP contribution in [0.4, 0.5) is 5.69 Å². The Labute approximate surface area is 179 Å². The maximum Gasteiger partial charge on any atom is 0.227 e. The molecule has 0 bridgehead atoms. The fourth-order valence-electron chi connectivity index (χ4n) is 3.32. The number of carbonyl (C=O) groups is 1. The molecule has 6 nitrogen and oxygen atoms in total. The molecule has 30 heavy (non-hydrogen) atoms. The van der Waals surface area contributed by atoms with Crippen LogP contribution in [0.25, 0.3) is 22.6 Å². The number of hydrogen-bond acceptors (Lipinski definition) is 6. The van der Waals surface area contributed by atoms with E-state index in [0.29, 0.717) is 18.7 Å². The number of amides is 1. The highest BCUT2D eigenvalue weighted by atomic mass is 32.2. The molecule has 0 fully saturated rings. The standard InChI is InChI=1S/C23H22N4O2S/c1-14-18(15(2)25-23(24-14)30-3)12-13-21(28)26-17-10-8-16(9-11-17)22-27-19-6-4-5-7-20(19)29-22/h4-11H,12-13H2,1-3H3,(H,26,28). The number of oxazole rings is 1. The minimum absolute atomic E-state index is 0.0441. The number of aryl methyl sites for hydroxylation is 2. The lowest BCUT2D eigenvalue weighted by atomic mass is 10.1. The van der Waals surface area contributed by atoms with Gasteiger partial charge >= 0.3 is 0 Å².